The van der Waals surface area contributed by atoms with Gasteiger partial charge in [-0.2, -0.15) is 13.2 Å². The Hall–Kier alpha value is -1.79. The molecule has 6 heteroatoms. The fourth-order valence-electron chi connectivity index (χ4n) is 2.83. The van der Waals surface area contributed by atoms with Gasteiger partial charge in [-0.1, -0.05) is 12.1 Å². The lowest BCUT2D eigenvalue weighted by Gasteiger charge is -2.34. The van der Waals surface area contributed by atoms with Gasteiger partial charge in [-0.15, -0.1) is 0 Å². The standard InChI is InChI=1S/C16H17F3N2O/c17-16(18,19)13-4-1-3-12(11-13)15(14-5-2-10-22-14)21-8-6-20-7-9-21/h1-5,10-11,15,20H,6-9H2. The maximum absolute atomic E-state index is 13.0. The van der Waals surface area contributed by atoms with E-state index >= 15 is 0 Å². The number of furan rings is 1. The Kier molecular flexibility index (Phi) is 4.22. The molecule has 3 nitrogen and oxygen atoms in total. The molecule has 1 aromatic heterocycles. The van der Waals surface area contributed by atoms with Crippen LogP contribution in [0.1, 0.15) is 22.9 Å². The van der Waals surface area contributed by atoms with E-state index in [1.54, 1.807) is 18.4 Å². The van der Waals surface area contributed by atoms with Gasteiger partial charge in [0.25, 0.3) is 0 Å². The molecule has 1 unspecified atom stereocenters. The quantitative estimate of drug-likeness (QED) is 0.943. The van der Waals surface area contributed by atoms with Gasteiger partial charge < -0.3 is 9.73 Å². The normalized spacial score (nSPS) is 18.3. The summed E-state index contributed by atoms with van der Waals surface area (Å²) in [5.41, 5.74) is -0.0247. The maximum Gasteiger partial charge on any atom is 0.416 e. The van der Waals surface area contributed by atoms with Crippen LogP contribution in [0.2, 0.25) is 0 Å². The predicted octanol–water partition coefficient (Wildman–Crippen LogP) is 3.29. The summed E-state index contributed by atoms with van der Waals surface area (Å²) in [6.45, 7) is 3.16. The van der Waals surface area contributed by atoms with Crippen molar-refractivity contribution in [2.75, 3.05) is 26.2 Å². The zero-order valence-corrected chi connectivity index (χ0v) is 11.9. The highest BCUT2D eigenvalue weighted by atomic mass is 19.4. The first-order valence-corrected chi connectivity index (χ1v) is 7.21. The van der Waals surface area contributed by atoms with E-state index in [2.05, 4.69) is 10.2 Å². The molecule has 0 saturated carbocycles. The monoisotopic (exact) mass is 310 g/mol. The Bertz CT molecular complexity index is 604. The highest BCUT2D eigenvalue weighted by Gasteiger charge is 2.32. The summed E-state index contributed by atoms with van der Waals surface area (Å²) in [7, 11) is 0. The van der Waals surface area contributed by atoms with E-state index in [4.69, 9.17) is 4.42 Å². The largest absolute Gasteiger partial charge is 0.467 e. The molecule has 118 valence electrons. The summed E-state index contributed by atoms with van der Waals surface area (Å²) in [4.78, 5) is 2.14. The second-order valence-corrected chi connectivity index (χ2v) is 5.33. The van der Waals surface area contributed by atoms with Crippen LogP contribution in [0.5, 0.6) is 0 Å². The van der Waals surface area contributed by atoms with Gasteiger partial charge in [0, 0.05) is 26.2 Å². The van der Waals surface area contributed by atoms with Gasteiger partial charge in [-0.05, 0) is 29.8 Å². The number of hydrogen-bond donors (Lipinski definition) is 1. The number of nitrogens with zero attached hydrogens (tertiary/aromatic N) is 1. The minimum Gasteiger partial charge on any atom is -0.467 e. The lowest BCUT2D eigenvalue weighted by molar-refractivity contribution is -0.137. The maximum atomic E-state index is 13.0. The lowest BCUT2D eigenvalue weighted by Crippen LogP contribution is -2.45. The van der Waals surface area contributed by atoms with Crippen molar-refractivity contribution in [2.45, 2.75) is 12.2 Å². The van der Waals surface area contributed by atoms with Gasteiger partial charge in [-0.3, -0.25) is 4.90 Å². The zero-order chi connectivity index (χ0) is 15.6. The van der Waals surface area contributed by atoms with Gasteiger partial charge in [0.2, 0.25) is 0 Å². The number of halogens is 3. The molecule has 22 heavy (non-hydrogen) atoms. The van der Waals surface area contributed by atoms with E-state index in [0.29, 0.717) is 11.3 Å². The van der Waals surface area contributed by atoms with Gasteiger partial charge in [0.05, 0.1) is 17.9 Å². The summed E-state index contributed by atoms with van der Waals surface area (Å²) in [5, 5.41) is 3.25. The van der Waals surface area contributed by atoms with Crippen molar-refractivity contribution in [1.82, 2.24) is 10.2 Å². The van der Waals surface area contributed by atoms with Gasteiger partial charge in [0.1, 0.15) is 5.76 Å². The molecule has 1 aliphatic rings. The number of benzene rings is 1. The Morgan fingerprint density at radius 2 is 1.86 bits per heavy atom. The van der Waals surface area contributed by atoms with E-state index in [9.17, 15) is 13.2 Å². The van der Waals surface area contributed by atoms with Gasteiger partial charge in [-0.25, -0.2) is 0 Å². The van der Waals surface area contributed by atoms with Crippen LogP contribution in [0.15, 0.2) is 47.1 Å². The average Bonchev–Trinajstić information content (AvgIpc) is 3.02. The van der Waals surface area contributed by atoms with Crippen LogP contribution in [-0.2, 0) is 6.18 Å². The third kappa shape index (κ3) is 3.18. The molecule has 1 aliphatic heterocycles. The van der Waals surface area contributed by atoms with Crippen molar-refractivity contribution in [3.8, 4) is 0 Å². The molecule has 0 aliphatic carbocycles. The molecule has 0 spiro atoms. The smallest absolute Gasteiger partial charge is 0.416 e. The van der Waals surface area contributed by atoms with Crippen LogP contribution in [0.4, 0.5) is 13.2 Å². The molecule has 1 fully saturated rings. The molecule has 1 N–H and O–H groups in total. The molecule has 0 bridgehead atoms. The fourth-order valence-corrected chi connectivity index (χ4v) is 2.83. The molecule has 2 heterocycles. The van der Waals surface area contributed by atoms with Crippen molar-refractivity contribution in [3.63, 3.8) is 0 Å². The predicted molar refractivity (Wildman–Crippen MR) is 76.4 cm³/mol. The van der Waals surface area contributed by atoms with E-state index < -0.39 is 11.7 Å². The Morgan fingerprint density at radius 1 is 1.09 bits per heavy atom. The van der Waals surface area contributed by atoms with E-state index in [-0.39, 0.29) is 6.04 Å². The summed E-state index contributed by atoms with van der Waals surface area (Å²) in [6.07, 6.45) is -2.79. The third-order valence-corrected chi connectivity index (χ3v) is 3.86. The van der Waals surface area contributed by atoms with Gasteiger partial charge in [0.15, 0.2) is 0 Å². The minimum atomic E-state index is -4.34. The van der Waals surface area contributed by atoms with Crippen molar-refractivity contribution < 1.29 is 17.6 Å². The van der Waals surface area contributed by atoms with Crippen molar-refractivity contribution in [2.24, 2.45) is 0 Å². The zero-order valence-electron chi connectivity index (χ0n) is 11.9. The Balaban J connectivity index is 1.99. The highest BCUT2D eigenvalue weighted by Crippen LogP contribution is 2.34. The second-order valence-electron chi connectivity index (χ2n) is 5.33. The third-order valence-electron chi connectivity index (χ3n) is 3.86. The number of alkyl halides is 3. The molecular weight excluding hydrogens is 293 g/mol. The molecule has 1 atom stereocenters. The molecule has 3 rings (SSSR count). The summed E-state index contributed by atoms with van der Waals surface area (Å²) >= 11 is 0. The second kappa shape index (κ2) is 6.14. The van der Waals surface area contributed by atoms with E-state index in [1.807, 2.05) is 6.07 Å². The van der Waals surface area contributed by atoms with Crippen LogP contribution in [-0.4, -0.2) is 31.1 Å². The highest BCUT2D eigenvalue weighted by molar-refractivity contribution is 5.32. The van der Waals surface area contributed by atoms with Crippen molar-refractivity contribution >= 4 is 0 Å². The van der Waals surface area contributed by atoms with Crippen LogP contribution in [0.25, 0.3) is 0 Å². The first-order chi connectivity index (χ1) is 10.6. The Labute approximate surface area is 126 Å². The minimum absolute atomic E-state index is 0.292. The molecular formula is C16H17F3N2O. The van der Waals surface area contributed by atoms with Crippen LogP contribution < -0.4 is 5.32 Å². The lowest BCUT2D eigenvalue weighted by atomic mass is 9.99. The SMILES string of the molecule is FC(F)(F)c1cccc(C(c2ccco2)N2CCNCC2)c1. The Morgan fingerprint density at radius 3 is 2.50 bits per heavy atom. The molecule has 2 aromatic rings. The van der Waals surface area contributed by atoms with Crippen molar-refractivity contribution in [3.05, 3.63) is 59.5 Å². The number of rotatable bonds is 3. The summed E-state index contributed by atoms with van der Waals surface area (Å²) < 4.78 is 44.4. The van der Waals surface area contributed by atoms with E-state index in [0.717, 1.165) is 32.2 Å². The van der Waals surface area contributed by atoms with Crippen molar-refractivity contribution in [1.29, 1.82) is 0 Å². The molecule has 0 amide bonds. The first-order valence-electron chi connectivity index (χ1n) is 7.21. The topological polar surface area (TPSA) is 28.4 Å². The number of piperazine rings is 1. The summed E-state index contributed by atoms with van der Waals surface area (Å²) in [5.74, 6) is 0.668. The fraction of sp³-hybridized carbons (Fsp3) is 0.375. The van der Waals surface area contributed by atoms with Crippen LogP contribution in [0.3, 0.4) is 0 Å². The first kappa shape index (κ1) is 15.1. The van der Waals surface area contributed by atoms with E-state index in [1.165, 1.54) is 12.1 Å². The number of nitrogens with one attached hydrogen (secondary N) is 1. The average molecular weight is 310 g/mol. The number of hydrogen-bond acceptors (Lipinski definition) is 3. The summed E-state index contributed by atoms with van der Waals surface area (Å²) in [6, 6.07) is 8.78. The van der Waals surface area contributed by atoms with Crippen LogP contribution >= 0.6 is 0 Å². The molecule has 1 aromatic carbocycles. The molecule has 0 radical (unpaired) electrons. The molecule has 1 saturated heterocycles. The van der Waals surface area contributed by atoms with Crippen LogP contribution in [0, 0.1) is 0 Å². The van der Waals surface area contributed by atoms with Gasteiger partial charge >= 0.3 is 6.18 Å².